The van der Waals surface area contributed by atoms with Crippen LogP contribution in [0.2, 0.25) is 0 Å². The zero-order valence-corrected chi connectivity index (χ0v) is 17.8. The topological polar surface area (TPSA) is 69.4 Å². The van der Waals surface area contributed by atoms with Crippen LogP contribution >= 0.6 is 0 Å². The molecule has 1 amide bonds. The Morgan fingerprint density at radius 3 is 2.60 bits per heavy atom. The van der Waals surface area contributed by atoms with E-state index in [4.69, 9.17) is 9.47 Å². The van der Waals surface area contributed by atoms with Gasteiger partial charge < -0.3 is 19.7 Å². The average molecular weight is 413 g/mol. The normalized spacial score (nSPS) is 17.6. The van der Waals surface area contributed by atoms with Gasteiger partial charge in [-0.05, 0) is 29.7 Å². The molecule has 7 nitrogen and oxygen atoms in total. The summed E-state index contributed by atoms with van der Waals surface area (Å²) in [5.74, 6) is 3.05. The number of H-pyrrole nitrogens is 1. The van der Waals surface area contributed by atoms with Crippen molar-refractivity contribution in [2.75, 3.05) is 50.8 Å². The van der Waals surface area contributed by atoms with Crippen LogP contribution in [0.1, 0.15) is 25.5 Å². The Bertz CT molecular complexity index is 851. The number of hydrogen-bond acceptors (Lipinski definition) is 4. The summed E-state index contributed by atoms with van der Waals surface area (Å²) in [7, 11) is 0. The lowest BCUT2D eigenvalue weighted by atomic mass is 9.95. The molecule has 1 atom stereocenters. The van der Waals surface area contributed by atoms with Crippen molar-refractivity contribution in [1.82, 2.24) is 5.32 Å². The average Bonchev–Trinajstić information content (AvgIpc) is 2.78. The van der Waals surface area contributed by atoms with Crippen LogP contribution < -0.4 is 29.6 Å². The molecule has 1 aromatic carbocycles. The number of aromatic nitrogens is 1. The van der Waals surface area contributed by atoms with Gasteiger partial charge in [-0.15, -0.1) is 0 Å². The molecule has 2 aliphatic heterocycles. The minimum atomic E-state index is -0.0482. The first-order valence-corrected chi connectivity index (χ1v) is 10.8. The third-order valence-electron chi connectivity index (χ3n) is 5.82. The van der Waals surface area contributed by atoms with Gasteiger partial charge in [0.2, 0.25) is 0 Å². The number of hydrogen-bond donors (Lipinski definition) is 2. The van der Waals surface area contributed by atoms with Crippen molar-refractivity contribution in [3.63, 3.8) is 0 Å². The fourth-order valence-corrected chi connectivity index (χ4v) is 4.16. The molecule has 1 aromatic heterocycles. The predicted molar refractivity (Wildman–Crippen MR) is 114 cm³/mol. The SMILES string of the molecule is CC(C)[C@H](NC(=O)C[NH+]1CCN(c2cccc[nH+]2)CC1)c1ccc2c(c1)OCCO2. The van der Waals surface area contributed by atoms with Gasteiger partial charge in [-0.25, -0.2) is 4.98 Å². The van der Waals surface area contributed by atoms with Crippen LogP contribution in [0.5, 0.6) is 11.5 Å². The third-order valence-corrected chi connectivity index (χ3v) is 5.82. The van der Waals surface area contributed by atoms with E-state index in [0.29, 0.717) is 19.8 Å². The second-order valence-corrected chi connectivity index (χ2v) is 8.35. The molecule has 0 aliphatic carbocycles. The van der Waals surface area contributed by atoms with Crippen molar-refractivity contribution < 1.29 is 24.2 Å². The van der Waals surface area contributed by atoms with Crippen molar-refractivity contribution in [2.24, 2.45) is 5.92 Å². The number of aromatic amines is 1. The van der Waals surface area contributed by atoms with Gasteiger partial charge >= 0.3 is 0 Å². The first kappa shape index (κ1) is 20.5. The van der Waals surface area contributed by atoms with Crippen LogP contribution in [-0.2, 0) is 4.79 Å². The highest BCUT2D eigenvalue weighted by atomic mass is 16.6. The van der Waals surface area contributed by atoms with Crippen LogP contribution in [-0.4, -0.2) is 51.8 Å². The fourth-order valence-electron chi connectivity index (χ4n) is 4.16. The Balaban J connectivity index is 1.33. The quantitative estimate of drug-likeness (QED) is 0.725. The smallest absolute Gasteiger partial charge is 0.275 e. The highest BCUT2D eigenvalue weighted by Crippen LogP contribution is 2.34. The maximum Gasteiger partial charge on any atom is 0.275 e. The fraction of sp³-hybridized carbons (Fsp3) is 0.478. The molecule has 0 spiro atoms. The molecule has 160 valence electrons. The second kappa shape index (κ2) is 9.34. The summed E-state index contributed by atoms with van der Waals surface area (Å²) in [6, 6.07) is 12.1. The number of nitrogens with one attached hydrogen (secondary N) is 3. The summed E-state index contributed by atoms with van der Waals surface area (Å²) < 4.78 is 11.3. The maximum absolute atomic E-state index is 12.8. The number of fused-ring (bicyclic) bond motifs is 1. The third kappa shape index (κ3) is 4.84. The Morgan fingerprint density at radius 1 is 1.13 bits per heavy atom. The second-order valence-electron chi connectivity index (χ2n) is 8.35. The molecule has 2 aliphatic rings. The monoisotopic (exact) mass is 412 g/mol. The van der Waals surface area contributed by atoms with Crippen LogP contribution in [0, 0.1) is 5.92 Å². The molecule has 30 heavy (non-hydrogen) atoms. The molecule has 3 N–H and O–H groups in total. The Labute approximate surface area is 178 Å². The summed E-state index contributed by atoms with van der Waals surface area (Å²) in [4.78, 5) is 19.8. The largest absolute Gasteiger partial charge is 0.486 e. The summed E-state index contributed by atoms with van der Waals surface area (Å²) in [6.45, 7) is 9.69. The van der Waals surface area contributed by atoms with E-state index in [0.717, 1.165) is 49.1 Å². The number of pyridine rings is 1. The summed E-state index contributed by atoms with van der Waals surface area (Å²) in [5, 5.41) is 3.25. The van der Waals surface area contributed by atoms with Crippen molar-refractivity contribution in [3.05, 3.63) is 48.2 Å². The van der Waals surface area contributed by atoms with Crippen LogP contribution in [0.15, 0.2) is 42.6 Å². The van der Waals surface area contributed by atoms with E-state index < -0.39 is 0 Å². The lowest BCUT2D eigenvalue weighted by molar-refractivity contribution is -0.892. The number of anilines is 1. The van der Waals surface area contributed by atoms with Crippen molar-refractivity contribution in [2.45, 2.75) is 19.9 Å². The molecule has 7 heteroatoms. The number of quaternary nitrogens is 1. The zero-order chi connectivity index (χ0) is 20.9. The van der Waals surface area contributed by atoms with Crippen molar-refractivity contribution in [3.8, 4) is 11.5 Å². The zero-order valence-electron chi connectivity index (χ0n) is 17.8. The molecule has 0 unspecified atom stereocenters. The maximum atomic E-state index is 12.8. The molecule has 0 bridgehead atoms. The molecule has 0 radical (unpaired) electrons. The molecule has 1 fully saturated rings. The molecule has 4 rings (SSSR count). The molecular formula is C23H32N4O3+2. The lowest BCUT2D eigenvalue weighted by Gasteiger charge is -2.29. The van der Waals surface area contributed by atoms with Gasteiger partial charge in [-0.3, -0.25) is 9.69 Å². The number of nitrogens with zero attached hydrogens (tertiary/aromatic N) is 1. The number of ether oxygens (including phenoxy) is 2. The first-order valence-electron chi connectivity index (χ1n) is 10.8. The Hall–Kier alpha value is -2.80. The Kier molecular flexibility index (Phi) is 6.38. The van der Waals surface area contributed by atoms with Crippen LogP contribution in [0.3, 0.4) is 0 Å². The minimum Gasteiger partial charge on any atom is -0.486 e. The van der Waals surface area contributed by atoms with E-state index in [2.05, 4.69) is 35.1 Å². The first-order chi connectivity index (χ1) is 14.6. The van der Waals surface area contributed by atoms with E-state index in [1.165, 1.54) is 4.90 Å². The minimum absolute atomic E-state index is 0.0482. The van der Waals surface area contributed by atoms with Crippen LogP contribution in [0.25, 0.3) is 0 Å². The van der Waals surface area contributed by atoms with E-state index in [1.54, 1.807) is 0 Å². The number of carbonyl (C=O) groups excluding carboxylic acids is 1. The molecule has 0 saturated carbocycles. The molecule has 1 saturated heterocycles. The van der Waals surface area contributed by atoms with E-state index in [9.17, 15) is 4.79 Å². The number of benzene rings is 1. The Morgan fingerprint density at radius 2 is 1.90 bits per heavy atom. The molecular weight excluding hydrogens is 380 g/mol. The van der Waals surface area contributed by atoms with Gasteiger partial charge in [-0.1, -0.05) is 26.0 Å². The van der Waals surface area contributed by atoms with Gasteiger partial charge in [-0.2, -0.15) is 0 Å². The van der Waals surface area contributed by atoms with Crippen molar-refractivity contribution >= 4 is 11.7 Å². The van der Waals surface area contributed by atoms with E-state index in [-0.39, 0.29) is 17.9 Å². The van der Waals surface area contributed by atoms with E-state index in [1.807, 2.05) is 36.5 Å². The highest BCUT2D eigenvalue weighted by molar-refractivity contribution is 5.77. The van der Waals surface area contributed by atoms with Gasteiger partial charge in [0.1, 0.15) is 39.4 Å². The number of carbonyl (C=O) groups is 1. The molecule has 3 heterocycles. The standard InChI is InChI=1S/C23H30N4O3/c1-17(2)23(18-6-7-19-20(15-18)30-14-13-29-19)25-22(28)16-26-9-11-27(12-10-26)21-5-3-4-8-24-21/h3-8,15,17,23H,9-14,16H2,1-2H3,(H,25,28)/p+2/t23-/m0/s1. The van der Waals surface area contributed by atoms with Crippen molar-refractivity contribution in [1.29, 1.82) is 0 Å². The van der Waals surface area contributed by atoms with E-state index >= 15 is 0 Å². The lowest BCUT2D eigenvalue weighted by Crippen LogP contribution is -3.16. The number of amides is 1. The molecule has 2 aromatic rings. The predicted octanol–water partition coefficient (Wildman–Crippen LogP) is 0.490. The highest BCUT2D eigenvalue weighted by Gasteiger charge is 2.28. The van der Waals surface area contributed by atoms with Crippen LogP contribution in [0.4, 0.5) is 5.82 Å². The number of rotatable bonds is 6. The summed E-state index contributed by atoms with van der Waals surface area (Å²) >= 11 is 0. The summed E-state index contributed by atoms with van der Waals surface area (Å²) in [6.07, 6.45) is 1.95. The number of piperazine rings is 1. The summed E-state index contributed by atoms with van der Waals surface area (Å²) in [5.41, 5.74) is 1.06. The van der Waals surface area contributed by atoms with Gasteiger partial charge in [0.15, 0.2) is 18.0 Å². The van der Waals surface area contributed by atoms with Gasteiger partial charge in [0.25, 0.3) is 11.7 Å². The van der Waals surface area contributed by atoms with Gasteiger partial charge in [0.05, 0.1) is 12.2 Å². The van der Waals surface area contributed by atoms with Gasteiger partial charge in [0, 0.05) is 6.07 Å².